The Labute approximate surface area is 99.1 Å². The molecule has 0 atom stereocenters. The second-order valence-corrected chi connectivity index (χ2v) is 4.00. The minimum Gasteiger partial charge on any atom is -0.329 e. The lowest BCUT2D eigenvalue weighted by Gasteiger charge is -2.16. The first-order valence-corrected chi connectivity index (χ1v) is 5.82. The van der Waals surface area contributed by atoms with Crippen LogP contribution in [-0.4, -0.2) is 5.91 Å². The highest BCUT2D eigenvalue weighted by Crippen LogP contribution is 2.34. The van der Waals surface area contributed by atoms with Crippen molar-refractivity contribution in [1.29, 1.82) is 0 Å². The van der Waals surface area contributed by atoms with E-state index in [9.17, 15) is 4.79 Å². The van der Waals surface area contributed by atoms with Crippen LogP contribution in [0.3, 0.4) is 0 Å². The number of carbonyl (C=O) groups is 1. The van der Waals surface area contributed by atoms with Crippen molar-refractivity contribution >= 4 is 5.91 Å². The van der Waals surface area contributed by atoms with E-state index >= 15 is 0 Å². The van der Waals surface area contributed by atoms with Gasteiger partial charge in [0.25, 0.3) is 0 Å². The van der Waals surface area contributed by atoms with Gasteiger partial charge in [0.1, 0.15) is 0 Å². The summed E-state index contributed by atoms with van der Waals surface area (Å²) in [7, 11) is 0. The summed E-state index contributed by atoms with van der Waals surface area (Å²) in [6.45, 7) is 11.8. The summed E-state index contributed by atoms with van der Waals surface area (Å²) >= 11 is 0. The van der Waals surface area contributed by atoms with E-state index in [1.807, 2.05) is 65.8 Å². The molecule has 0 saturated heterocycles. The lowest BCUT2D eigenvalue weighted by molar-refractivity contribution is -0.125. The molecule has 0 saturated carbocycles. The summed E-state index contributed by atoms with van der Waals surface area (Å²) in [5.74, 6) is 0.0788. The second-order valence-electron chi connectivity index (χ2n) is 4.00. The molecule has 0 spiro atoms. The molecule has 16 heavy (non-hydrogen) atoms. The van der Waals surface area contributed by atoms with E-state index in [1.165, 1.54) is 0 Å². The number of nitrogens with one attached hydrogen (secondary N) is 1. The Morgan fingerprint density at radius 3 is 2.12 bits per heavy atom. The van der Waals surface area contributed by atoms with E-state index in [4.69, 9.17) is 0 Å². The fourth-order valence-electron chi connectivity index (χ4n) is 1.58. The van der Waals surface area contributed by atoms with E-state index in [0.717, 1.165) is 11.3 Å². The predicted octanol–water partition coefficient (Wildman–Crippen LogP) is 3.57. The van der Waals surface area contributed by atoms with E-state index < -0.39 is 5.41 Å². The van der Waals surface area contributed by atoms with Crippen molar-refractivity contribution in [3.05, 3.63) is 35.6 Å². The summed E-state index contributed by atoms with van der Waals surface area (Å²) in [6, 6.07) is 0. The molecule has 0 fully saturated rings. The average molecular weight is 221 g/mol. The Balaban J connectivity index is 0.00000106. The number of hydrogen-bond donors (Lipinski definition) is 1. The van der Waals surface area contributed by atoms with Gasteiger partial charge in [-0.15, -0.1) is 0 Å². The van der Waals surface area contributed by atoms with Crippen LogP contribution < -0.4 is 5.32 Å². The smallest absolute Gasteiger partial charge is 0.234 e. The minimum absolute atomic E-state index is 0.0788. The van der Waals surface area contributed by atoms with Crippen LogP contribution in [0.1, 0.15) is 41.5 Å². The molecular weight excluding hydrogens is 198 g/mol. The fourth-order valence-corrected chi connectivity index (χ4v) is 1.58. The van der Waals surface area contributed by atoms with Gasteiger partial charge in [0.05, 0.1) is 5.41 Å². The van der Waals surface area contributed by atoms with Crippen molar-refractivity contribution in [3.63, 3.8) is 0 Å². The van der Waals surface area contributed by atoms with Crippen molar-refractivity contribution in [2.45, 2.75) is 41.5 Å². The van der Waals surface area contributed by atoms with Crippen LogP contribution in [0.2, 0.25) is 0 Å². The molecule has 0 unspecified atom stereocenters. The maximum absolute atomic E-state index is 11.5. The van der Waals surface area contributed by atoms with Crippen LogP contribution in [0.15, 0.2) is 35.6 Å². The van der Waals surface area contributed by atoms with Gasteiger partial charge in [0.2, 0.25) is 5.91 Å². The summed E-state index contributed by atoms with van der Waals surface area (Å²) in [6.07, 6.45) is 7.87. The van der Waals surface area contributed by atoms with Crippen molar-refractivity contribution in [1.82, 2.24) is 5.32 Å². The third-order valence-corrected chi connectivity index (χ3v) is 2.51. The topological polar surface area (TPSA) is 29.1 Å². The molecule has 2 nitrogen and oxygen atoms in total. The molecule has 1 N–H and O–H groups in total. The predicted molar refractivity (Wildman–Crippen MR) is 69.9 cm³/mol. The molecular formula is C14H23NO. The van der Waals surface area contributed by atoms with Gasteiger partial charge >= 0.3 is 0 Å². The van der Waals surface area contributed by atoms with Gasteiger partial charge in [-0.2, -0.15) is 0 Å². The molecule has 1 heterocycles. The normalized spacial score (nSPS) is 19.0. The van der Waals surface area contributed by atoms with Crippen molar-refractivity contribution in [3.8, 4) is 0 Å². The molecule has 0 radical (unpaired) electrons. The lowest BCUT2D eigenvalue weighted by Crippen LogP contribution is -2.28. The molecule has 1 aliphatic heterocycles. The summed E-state index contributed by atoms with van der Waals surface area (Å²) in [5, 5.41) is 2.85. The largest absolute Gasteiger partial charge is 0.329 e. The molecule has 0 aromatic rings. The van der Waals surface area contributed by atoms with E-state index in [1.54, 1.807) is 0 Å². The van der Waals surface area contributed by atoms with Crippen LogP contribution >= 0.6 is 0 Å². The molecule has 0 aliphatic carbocycles. The third-order valence-electron chi connectivity index (χ3n) is 2.51. The maximum atomic E-state index is 11.5. The zero-order valence-electron chi connectivity index (χ0n) is 11.2. The van der Waals surface area contributed by atoms with E-state index in [2.05, 4.69) is 5.32 Å². The van der Waals surface area contributed by atoms with Crippen molar-refractivity contribution in [2.24, 2.45) is 5.41 Å². The first-order chi connectivity index (χ1) is 7.50. The van der Waals surface area contributed by atoms with Crippen LogP contribution in [0.4, 0.5) is 0 Å². The number of allylic oxidation sites excluding steroid dienone is 5. The van der Waals surface area contributed by atoms with Crippen molar-refractivity contribution in [2.75, 3.05) is 0 Å². The lowest BCUT2D eigenvalue weighted by atomic mass is 9.85. The molecule has 1 aliphatic rings. The Morgan fingerprint density at radius 2 is 1.75 bits per heavy atom. The average Bonchev–Trinajstić information content (AvgIpc) is 2.44. The van der Waals surface area contributed by atoms with Crippen LogP contribution in [0, 0.1) is 5.41 Å². The van der Waals surface area contributed by atoms with Crippen molar-refractivity contribution < 1.29 is 4.79 Å². The van der Waals surface area contributed by atoms with E-state index in [0.29, 0.717) is 0 Å². The van der Waals surface area contributed by atoms with Gasteiger partial charge < -0.3 is 5.32 Å². The fraction of sp³-hybridized carbons (Fsp3) is 0.500. The Morgan fingerprint density at radius 1 is 1.19 bits per heavy atom. The number of carbonyl (C=O) groups excluding carboxylic acids is 1. The first-order valence-electron chi connectivity index (χ1n) is 5.82. The molecule has 2 heteroatoms. The van der Waals surface area contributed by atoms with Crippen LogP contribution in [0.25, 0.3) is 0 Å². The van der Waals surface area contributed by atoms with Gasteiger partial charge in [0, 0.05) is 5.70 Å². The number of rotatable bonds is 2. The molecule has 0 bridgehead atoms. The van der Waals surface area contributed by atoms with E-state index in [-0.39, 0.29) is 5.91 Å². The standard InChI is InChI=1S/C12H17NO.C2H6/c1-5-6-7-8-10-9(2)13-11(14)12(10,3)4;1-2/h5-8H,1-4H3,(H,13,14);1-2H3/b6-5-,8-7-;. The number of amides is 1. The third kappa shape index (κ3) is 3.09. The second kappa shape index (κ2) is 6.31. The van der Waals surface area contributed by atoms with Gasteiger partial charge in [-0.25, -0.2) is 0 Å². The van der Waals surface area contributed by atoms with Gasteiger partial charge in [-0.05, 0) is 33.3 Å². The Hall–Kier alpha value is -1.31. The first kappa shape index (κ1) is 14.7. The Kier molecular flexibility index (Phi) is 5.79. The molecule has 1 amide bonds. The molecule has 0 aromatic carbocycles. The monoisotopic (exact) mass is 221 g/mol. The van der Waals surface area contributed by atoms with Gasteiger partial charge in [-0.3, -0.25) is 4.79 Å². The maximum Gasteiger partial charge on any atom is 0.234 e. The number of hydrogen-bond acceptors (Lipinski definition) is 1. The highest BCUT2D eigenvalue weighted by atomic mass is 16.2. The highest BCUT2D eigenvalue weighted by Gasteiger charge is 2.37. The Bertz CT molecular complexity index is 333. The van der Waals surface area contributed by atoms with Crippen LogP contribution in [-0.2, 0) is 4.79 Å². The highest BCUT2D eigenvalue weighted by molar-refractivity contribution is 5.91. The van der Waals surface area contributed by atoms with Crippen LogP contribution in [0.5, 0.6) is 0 Å². The quantitative estimate of drug-likeness (QED) is 0.709. The molecule has 90 valence electrons. The minimum atomic E-state index is -0.401. The van der Waals surface area contributed by atoms with Gasteiger partial charge in [-0.1, -0.05) is 38.2 Å². The summed E-state index contributed by atoms with van der Waals surface area (Å²) in [5.41, 5.74) is 1.63. The zero-order valence-corrected chi connectivity index (χ0v) is 11.2. The van der Waals surface area contributed by atoms with Gasteiger partial charge in [0.15, 0.2) is 0 Å². The summed E-state index contributed by atoms with van der Waals surface area (Å²) < 4.78 is 0. The summed E-state index contributed by atoms with van der Waals surface area (Å²) in [4.78, 5) is 11.5. The molecule has 0 aromatic heterocycles. The zero-order chi connectivity index (χ0) is 12.8. The SMILES string of the molecule is C/C=C\C=C/C1=C(C)NC(=O)C1(C)C.CC. The molecule has 1 rings (SSSR count).